The molecule has 6 heterocycles. The fourth-order valence-electron chi connectivity index (χ4n) is 7.40. The number of thiazole rings is 1. The van der Waals surface area contributed by atoms with Crippen LogP contribution in [0.2, 0.25) is 0 Å². The Morgan fingerprint density at radius 2 is 2.07 bits per heavy atom. The van der Waals surface area contributed by atoms with Crippen molar-refractivity contribution in [3.05, 3.63) is 35.6 Å². The van der Waals surface area contributed by atoms with Crippen molar-refractivity contribution in [1.82, 2.24) is 25.2 Å². The number of piperazine rings is 1. The van der Waals surface area contributed by atoms with Gasteiger partial charge in [-0.1, -0.05) is 23.3 Å². The third-order valence-corrected chi connectivity index (χ3v) is 10.2. The fourth-order valence-corrected chi connectivity index (χ4v) is 8.20. The third kappa shape index (κ3) is 4.58. The summed E-state index contributed by atoms with van der Waals surface area (Å²) in [6.45, 7) is 2.43. The predicted molar refractivity (Wildman–Crippen MR) is 160 cm³/mol. The SMILES string of the molecule is C#Cc1c(F)ccc2cc(O)cc(Oc3nc4c(N5CC6CC(F)C(C5)N6)nc(OCC56CCCN5CC(F)C6)nc4s3)c12. The number of anilines is 1. The summed E-state index contributed by atoms with van der Waals surface area (Å²) in [7, 11) is 0. The molecule has 2 aromatic heterocycles. The summed E-state index contributed by atoms with van der Waals surface area (Å²) in [4.78, 5) is 18.8. The van der Waals surface area contributed by atoms with Gasteiger partial charge in [-0.2, -0.15) is 15.0 Å². The lowest BCUT2D eigenvalue weighted by molar-refractivity contribution is 0.107. The van der Waals surface area contributed by atoms with Crippen LogP contribution in [0.4, 0.5) is 19.0 Å². The number of nitrogens with one attached hydrogen (secondary N) is 1. The second-order valence-electron chi connectivity index (χ2n) is 12.2. The number of phenols is 1. The zero-order valence-corrected chi connectivity index (χ0v) is 24.4. The van der Waals surface area contributed by atoms with E-state index in [0.29, 0.717) is 59.4 Å². The maximum absolute atomic E-state index is 14.6. The summed E-state index contributed by atoms with van der Waals surface area (Å²) < 4.78 is 56.0. The monoisotopic (exact) mass is 622 g/mol. The number of hydrogen-bond donors (Lipinski definition) is 2. The molecule has 44 heavy (non-hydrogen) atoms. The number of alkyl halides is 2. The molecule has 0 aliphatic carbocycles. The van der Waals surface area contributed by atoms with Crippen molar-refractivity contribution in [2.75, 3.05) is 37.7 Å². The van der Waals surface area contributed by atoms with Gasteiger partial charge in [0.05, 0.1) is 17.1 Å². The van der Waals surface area contributed by atoms with Gasteiger partial charge in [-0.25, -0.2) is 13.2 Å². The molecule has 4 fully saturated rings. The van der Waals surface area contributed by atoms with E-state index < -0.39 is 18.2 Å². The molecule has 0 radical (unpaired) electrons. The Balaban J connectivity index is 1.18. The number of nitrogens with zero attached hydrogens (tertiary/aromatic N) is 5. The maximum Gasteiger partial charge on any atom is 0.319 e. The molecule has 228 valence electrons. The Kier molecular flexibility index (Phi) is 6.51. The van der Waals surface area contributed by atoms with Crippen molar-refractivity contribution in [2.45, 2.75) is 55.6 Å². The van der Waals surface area contributed by atoms with Crippen molar-refractivity contribution in [2.24, 2.45) is 0 Å². The molecular weight excluding hydrogens is 593 g/mol. The van der Waals surface area contributed by atoms with Crippen LogP contribution in [0.15, 0.2) is 24.3 Å². The first-order chi connectivity index (χ1) is 21.3. The lowest BCUT2D eigenvalue weighted by Crippen LogP contribution is -2.52. The number of terminal acetylenes is 1. The van der Waals surface area contributed by atoms with Gasteiger partial charge in [-0.3, -0.25) is 4.90 Å². The van der Waals surface area contributed by atoms with E-state index in [1.165, 1.54) is 24.3 Å². The van der Waals surface area contributed by atoms with E-state index in [0.717, 1.165) is 30.7 Å². The van der Waals surface area contributed by atoms with Gasteiger partial charge >= 0.3 is 6.01 Å². The molecule has 4 saturated heterocycles. The van der Waals surface area contributed by atoms with Crippen LogP contribution in [0.5, 0.6) is 22.7 Å². The van der Waals surface area contributed by atoms with Crippen LogP contribution < -0.4 is 19.7 Å². The fraction of sp³-hybridized carbons (Fsp3) is 0.452. The van der Waals surface area contributed by atoms with Crippen LogP contribution in [-0.2, 0) is 0 Å². The van der Waals surface area contributed by atoms with Gasteiger partial charge in [0.1, 0.15) is 41.8 Å². The number of hydrogen-bond acceptors (Lipinski definition) is 10. The smallest absolute Gasteiger partial charge is 0.319 e. The van der Waals surface area contributed by atoms with E-state index in [1.807, 2.05) is 4.90 Å². The van der Waals surface area contributed by atoms with Crippen molar-refractivity contribution in [1.29, 1.82) is 0 Å². The molecular formula is C31H29F3N6O3S. The molecule has 5 unspecified atom stereocenters. The summed E-state index contributed by atoms with van der Waals surface area (Å²) in [5.41, 5.74) is 0.0809. The molecule has 4 aromatic rings. The molecule has 4 aliphatic rings. The molecule has 2 N–H and O–H groups in total. The van der Waals surface area contributed by atoms with E-state index >= 15 is 0 Å². The number of aromatic nitrogens is 3. The molecule has 5 atom stereocenters. The van der Waals surface area contributed by atoms with E-state index in [2.05, 4.69) is 21.1 Å². The highest BCUT2D eigenvalue weighted by Gasteiger charge is 2.49. The van der Waals surface area contributed by atoms with Gasteiger partial charge in [0.25, 0.3) is 5.19 Å². The molecule has 4 aliphatic heterocycles. The molecule has 13 heteroatoms. The Morgan fingerprint density at radius 1 is 1.18 bits per heavy atom. The lowest BCUT2D eigenvalue weighted by Gasteiger charge is -2.34. The molecule has 0 spiro atoms. The number of phenolic OH excluding ortho intramolecular Hbond substituents is 1. The Hall–Kier alpha value is -3.86. The van der Waals surface area contributed by atoms with Gasteiger partial charge in [0, 0.05) is 43.5 Å². The topological polar surface area (TPSA) is 95.9 Å². The van der Waals surface area contributed by atoms with Crippen LogP contribution in [0.3, 0.4) is 0 Å². The minimum Gasteiger partial charge on any atom is -0.508 e. The predicted octanol–water partition coefficient (Wildman–Crippen LogP) is 4.70. The molecule has 2 aromatic carbocycles. The number of aromatic hydroxyl groups is 1. The second kappa shape index (κ2) is 10.4. The first kappa shape index (κ1) is 27.7. The number of halogens is 3. The Morgan fingerprint density at radius 3 is 2.91 bits per heavy atom. The van der Waals surface area contributed by atoms with Gasteiger partial charge in [-0.15, -0.1) is 6.42 Å². The number of rotatable bonds is 6. The minimum absolute atomic E-state index is 0.00890. The average Bonchev–Trinajstić information content (AvgIpc) is 3.72. The van der Waals surface area contributed by atoms with E-state index in [4.69, 9.17) is 25.9 Å². The molecule has 2 bridgehead atoms. The van der Waals surface area contributed by atoms with E-state index in [9.17, 15) is 18.3 Å². The van der Waals surface area contributed by atoms with Crippen molar-refractivity contribution in [3.63, 3.8) is 0 Å². The summed E-state index contributed by atoms with van der Waals surface area (Å²) in [5, 5.41) is 14.7. The Bertz CT molecular complexity index is 1830. The first-order valence-electron chi connectivity index (χ1n) is 14.7. The molecule has 0 saturated carbocycles. The zero-order chi connectivity index (χ0) is 30.2. The maximum atomic E-state index is 14.6. The van der Waals surface area contributed by atoms with Crippen LogP contribution in [-0.4, -0.2) is 87.7 Å². The normalized spacial score (nSPS) is 28.1. The lowest BCUT2D eigenvalue weighted by atomic mass is 9.95. The van der Waals surface area contributed by atoms with E-state index in [-0.39, 0.29) is 52.5 Å². The van der Waals surface area contributed by atoms with Crippen molar-refractivity contribution >= 4 is 38.3 Å². The van der Waals surface area contributed by atoms with Crippen LogP contribution >= 0.6 is 11.3 Å². The zero-order valence-electron chi connectivity index (χ0n) is 23.6. The minimum atomic E-state index is -0.958. The van der Waals surface area contributed by atoms with Crippen molar-refractivity contribution in [3.8, 4) is 35.0 Å². The number of benzene rings is 2. The summed E-state index contributed by atoms with van der Waals surface area (Å²) in [5.74, 6) is 2.34. The van der Waals surface area contributed by atoms with Gasteiger partial charge in [-0.05, 0) is 43.3 Å². The van der Waals surface area contributed by atoms with Crippen molar-refractivity contribution < 1.29 is 27.8 Å². The van der Waals surface area contributed by atoms with E-state index in [1.54, 1.807) is 0 Å². The number of fused-ring (bicyclic) bond motifs is 5. The summed E-state index contributed by atoms with van der Waals surface area (Å²) in [6.07, 6.45) is 6.46. The highest BCUT2D eigenvalue weighted by atomic mass is 32.1. The molecule has 9 nitrogen and oxygen atoms in total. The molecule has 8 rings (SSSR count). The largest absolute Gasteiger partial charge is 0.508 e. The van der Waals surface area contributed by atoms with Gasteiger partial charge in [0.15, 0.2) is 10.6 Å². The first-order valence-corrected chi connectivity index (χ1v) is 15.6. The molecule has 0 amide bonds. The van der Waals surface area contributed by atoms with Crippen LogP contribution in [0, 0.1) is 18.2 Å². The standard InChI is InChI=1S/C31H29F3N6O3S/c1-2-20-21(33)5-4-16-8-19(41)10-24(25(16)20)43-30-36-26-27(39-13-18-9-22(34)23(14-39)35-18)37-29(38-28(26)44-30)42-15-31-6-3-7-40(31)12-17(32)11-31/h1,4-5,8,10,17-18,22-23,35,41H,3,6-7,9,11-15H2. The highest BCUT2D eigenvalue weighted by Crippen LogP contribution is 2.43. The average molecular weight is 623 g/mol. The third-order valence-electron chi connectivity index (χ3n) is 9.34. The summed E-state index contributed by atoms with van der Waals surface area (Å²) in [6, 6.07) is 5.36. The second-order valence-corrected chi connectivity index (χ2v) is 13.1. The summed E-state index contributed by atoms with van der Waals surface area (Å²) >= 11 is 1.13. The van der Waals surface area contributed by atoms with Gasteiger partial charge in [0.2, 0.25) is 0 Å². The number of ether oxygens (including phenoxy) is 2. The van der Waals surface area contributed by atoms with Gasteiger partial charge < -0.3 is 24.8 Å². The Labute approximate surface area is 255 Å². The quantitative estimate of drug-likeness (QED) is 0.297. The highest BCUT2D eigenvalue weighted by molar-refractivity contribution is 7.19. The van der Waals surface area contributed by atoms with Crippen LogP contribution in [0.25, 0.3) is 21.1 Å². The van der Waals surface area contributed by atoms with Crippen LogP contribution in [0.1, 0.15) is 31.2 Å².